The standard InChI is InChI=1S/C25H26N2O2S/c1-25(2)17-27(16-18-9-11-20(29-3)12-10-18)23(22-8-6-14-30-22)21(24(25)28)15-19-7-4-5-13-26-19/h4-15,23H,16-17H2,1-3H3/b21-15-. The second-order valence-electron chi connectivity index (χ2n) is 8.24. The van der Waals surface area contributed by atoms with Crippen LogP contribution in [0.4, 0.5) is 0 Å². The Morgan fingerprint density at radius 3 is 2.60 bits per heavy atom. The van der Waals surface area contributed by atoms with Crippen LogP contribution in [0.2, 0.25) is 0 Å². The Morgan fingerprint density at radius 2 is 1.97 bits per heavy atom. The van der Waals surface area contributed by atoms with Gasteiger partial charge < -0.3 is 4.74 Å². The van der Waals surface area contributed by atoms with Crippen LogP contribution in [0.5, 0.6) is 5.75 Å². The van der Waals surface area contributed by atoms with Crippen LogP contribution in [0.15, 0.2) is 71.7 Å². The van der Waals surface area contributed by atoms with Crippen LogP contribution in [-0.2, 0) is 11.3 Å². The van der Waals surface area contributed by atoms with Gasteiger partial charge in [0, 0.05) is 35.2 Å². The van der Waals surface area contributed by atoms with Gasteiger partial charge in [0.2, 0.25) is 0 Å². The van der Waals surface area contributed by atoms with Crippen molar-refractivity contribution in [2.45, 2.75) is 26.4 Å². The Morgan fingerprint density at radius 1 is 1.17 bits per heavy atom. The summed E-state index contributed by atoms with van der Waals surface area (Å²) < 4.78 is 5.30. The average Bonchev–Trinajstić information content (AvgIpc) is 3.27. The molecule has 0 spiro atoms. The summed E-state index contributed by atoms with van der Waals surface area (Å²) in [5, 5.41) is 2.07. The predicted molar refractivity (Wildman–Crippen MR) is 121 cm³/mol. The Balaban J connectivity index is 1.77. The number of ketones is 1. The molecule has 5 heteroatoms. The zero-order valence-electron chi connectivity index (χ0n) is 17.5. The van der Waals surface area contributed by atoms with Crippen molar-refractivity contribution in [3.05, 3.63) is 87.9 Å². The van der Waals surface area contributed by atoms with Crippen molar-refractivity contribution in [1.29, 1.82) is 0 Å². The molecule has 4 nitrogen and oxygen atoms in total. The Hall–Kier alpha value is -2.76. The lowest BCUT2D eigenvalue weighted by atomic mass is 9.76. The third-order valence-corrected chi connectivity index (χ3v) is 6.41. The molecular weight excluding hydrogens is 392 g/mol. The summed E-state index contributed by atoms with van der Waals surface area (Å²) in [5.74, 6) is 1.04. The van der Waals surface area contributed by atoms with Crippen molar-refractivity contribution in [3.63, 3.8) is 0 Å². The first-order valence-electron chi connectivity index (χ1n) is 10.1. The van der Waals surface area contributed by atoms with Crippen LogP contribution < -0.4 is 4.74 Å². The van der Waals surface area contributed by atoms with E-state index in [1.165, 1.54) is 10.4 Å². The van der Waals surface area contributed by atoms with Gasteiger partial charge in [-0.3, -0.25) is 14.7 Å². The molecule has 0 saturated carbocycles. The van der Waals surface area contributed by atoms with Crippen LogP contribution in [0.3, 0.4) is 0 Å². The number of piperidine rings is 1. The highest BCUT2D eigenvalue weighted by Crippen LogP contribution is 2.43. The third-order valence-electron chi connectivity index (χ3n) is 5.48. The highest BCUT2D eigenvalue weighted by atomic mass is 32.1. The van der Waals surface area contributed by atoms with E-state index < -0.39 is 5.41 Å². The maximum Gasteiger partial charge on any atom is 0.167 e. The van der Waals surface area contributed by atoms with Crippen LogP contribution in [0, 0.1) is 5.41 Å². The number of methoxy groups -OCH3 is 1. The predicted octanol–water partition coefficient (Wildman–Crippen LogP) is 5.39. The van der Waals surface area contributed by atoms with Crippen molar-refractivity contribution in [2.24, 2.45) is 5.41 Å². The molecule has 1 aromatic carbocycles. The summed E-state index contributed by atoms with van der Waals surface area (Å²) in [6, 6.07) is 18.0. The first kappa shape index (κ1) is 20.5. The van der Waals surface area contributed by atoms with Crippen molar-refractivity contribution in [1.82, 2.24) is 9.88 Å². The Bertz CT molecular complexity index is 1020. The fourth-order valence-electron chi connectivity index (χ4n) is 4.04. The van der Waals surface area contributed by atoms with Gasteiger partial charge in [-0.2, -0.15) is 0 Å². The lowest BCUT2D eigenvalue weighted by molar-refractivity contribution is -0.128. The third kappa shape index (κ3) is 4.23. The number of pyridine rings is 1. The van der Waals surface area contributed by atoms with Gasteiger partial charge in [0.05, 0.1) is 18.8 Å². The number of aromatic nitrogens is 1. The van der Waals surface area contributed by atoms with Gasteiger partial charge in [-0.25, -0.2) is 0 Å². The lowest BCUT2D eigenvalue weighted by Gasteiger charge is -2.44. The summed E-state index contributed by atoms with van der Waals surface area (Å²) in [6.07, 6.45) is 3.73. The van der Waals surface area contributed by atoms with E-state index >= 15 is 0 Å². The molecule has 0 N–H and O–H groups in total. The number of rotatable bonds is 5. The minimum atomic E-state index is -0.471. The fourth-order valence-corrected chi connectivity index (χ4v) is 4.92. The minimum Gasteiger partial charge on any atom is -0.497 e. The van der Waals surface area contributed by atoms with Crippen molar-refractivity contribution in [3.8, 4) is 5.75 Å². The van der Waals surface area contributed by atoms with E-state index in [1.807, 2.05) is 56.3 Å². The minimum absolute atomic E-state index is 0.0883. The highest BCUT2D eigenvalue weighted by molar-refractivity contribution is 7.10. The van der Waals surface area contributed by atoms with Crippen LogP contribution in [0.1, 0.15) is 36.0 Å². The molecule has 3 aromatic rings. The van der Waals surface area contributed by atoms with Gasteiger partial charge in [0.15, 0.2) is 5.78 Å². The van der Waals surface area contributed by atoms with Gasteiger partial charge in [-0.05, 0) is 47.4 Å². The zero-order chi connectivity index (χ0) is 21.1. The first-order valence-corrected chi connectivity index (χ1v) is 10.9. The second kappa shape index (κ2) is 8.54. The summed E-state index contributed by atoms with van der Waals surface area (Å²) in [4.78, 5) is 21.5. The van der Waals surface area contributed by atoms with Gasteiger partial charge in [0.1, 0.15) is 5.75 Å². The zero-order valence-corrected chi connectivity index (χ0v) is 18.4. The Labute approximate surface area is 181 Å². The molecule has 2 aromatic heterocycles. The van der Waals surface area contributed by atoms with E-state index in [1.54, 1.807) is 24.6 Å². The SMILES string of the molecule is COc1ccc(CN2CC(C)(C)C(=O)/C(=C\c3ccccn3)C2c2cccs2)cc1. The van der Waals surface area contributed by atoms with E-state index in [0.29, 0.717) is 6.54 Å². The van der Waals surface area contributed by atoms with E-state index in [0.717, 1.165) is 23.6 Å². The van der Waals surface area contributed by atoms with Crippen LogP contribution in [0.25, 0.3) is 6.08 Å². The molecule has 0 amide bonds. The molecule has 1 unspecified atom stereocenters. The molecule has 154 valence electrons. The summed E-state index contributed by atoms with van der Waals surface area (Å²) in [7, 11) is 1.68. The van der Waals surface area contributed by atoms with Gasteiger partial charge in [0.25, 0.3) is 0 Å². The second-order valence-corrected chi connectivity index (χ2v) is 9.22. The number of carbonyl (C=O) groups is 1. The normalized spacial score (nSPS) is 20.4. The summed E-state index contributed by atoms with van der Waals surface area (Å²) >= 11 is 1.69. The highest BCUT2D eigenvalue weighted by Gasteiger charge is 2.44. The molecule has 1 aliphatic heterocycles. The van der Waals surface area contributed by atoms with E-state index in [2.05, 4.69) is 33.5 Å². The number of hydrogen-bond donors (Lipinski definition) is 0. The van der Waals surface area contributed by atoms with Crippen LogP contribution in [-0.4, -0.2) is 29.3 Å². The van der Waals surface area contributed by atoms with Crippen molar-refractivity contribution < 1.29 is 9.53 Å². The molecule has 3 heterocycles. The van der Waals surface area contributed by atoms with Crippen molar-refractivity contribution in [2.75, 3.05) is 13.7 Å². The molecule has 4 rings (SSSR count). The van der Waals surface area contributed by atoms with Crippen molar-refractivity contribution >= 4 is 23.2 Å². The monoisotopic (exact) mass is 418 g/mol. The van der Waals surface area contributed by atoms with Crippen LogP contribution >= 0.6 is 11.3 Å². The molecule has 1 fully saturated rings. The molecule has 1 saturated heterocycles. The number of ether oxygens (including phenoxy) is 1. The number of benzene rings is 1. The Kier molecular flexibility index (Phi) is 5.84. The smallest absolute Gasteiger partial charge is 0.167 e. The van der Waals surface area contributed by atoms with Gasteiger partial charge in [-0.15, -0.1) is 11.3 Å². The summed E-state index contributed by atoms with van der Waals surface area (Å²) in [5.41, 5.74) is 2.34. The quantitative estimate of drug-likeness (QED) is 0.521. The maximum atomic E-state index is 13.5. The topological polar surface area (TPSA) is 42.4 Å². The average molecular weight is 419 g/mol. The van der Waals surface area contributed by atoms with E-state index in [4.69, 9.17) is 4.74 Å². The van der Waals surface area contributed by atoms with E-state index in [9.17, 15) is 4.79 Å². The number of hydrogen-bond acceptors (Lipinski definition) is 5. The molecule has 0 bridgehead atoms. The van der Waals surface area contributed by atoms with E-state index in [-0.39, 0.29) is 11.8 Å². The number of thiophene rings is 1. The van der Waals surface area contributed by atoms with Gasteiger partial charge in [-0.1, -0.05) is 38.1 Å². The molecule has 1 aliphatic rings. The molecule has 0 aliphatic carbocycles. The lowest BCUT2D eigenvalue weighted by Crippen LogP contribution is -2.48. The molecular formula is C25H26N2O2S. The fraction of sp³-hybridized carbons (Fsp3) is 0.280. The molecule has 1 atom stereocenters. The largest absolute Gasteiger partial charge is 0.497 e. The number of likely N-dealkylation sites (tertiary alicyclic amines) is 1. The number of Topliss-reactive ketones (excluding diaryl/α,β-unsaturated/α-hetero) is 1. The molecule has 0 radical (unpaired) electrons. The number of nitrogens with zero attached hydrogens (tertiary/aromatic N) is 2. The maximum absolute atomic E-state index is 13.5. The summed E-state index contributed by atoms with van der Waals surface area (Å²) in [6.45, 7) is 5.52. The first-order chi connectivity index (χ1) is 14.5. The molecule has 30 heavy (non-hydrogen) atoms. The number of carbonyl (C=O) groups excluding carboxylic acids is 1. The van der Waals surface area contributed by atoms with Gasteiger partial charge >= 0.3 is 0 Å².